The molecule has 0 spiro atoms. The Hall–Kier alpha value is -1.93. The maximum absolute atomic E-state index is 11.9. The molecule has 0 heterocycles. The molecule has 1 amide bonds. The van der Waals surface area contributed by atoms with Crippen LogP contribution < -0.4 is 10.0 Å². The van der Waals surface area contributed by atoms with Crippen LogP contribution in [-0.4, -0.2) is 39.0 Å². The molecule has 0 aliphatic rings. The van der Waals surface area contributed by atoms with Gasteiger partial charge in [0.05, 0.1) is 4.90 Å². The van der Waals surface area contributed by atoms with Crippen LogP contribution in [0.3, 0.4) is 0 Å². The van der Waals surface area contributed by atoms with Gasteiger partial charge in [0.1, 0.15) is 0 Å². The van der Waals surface area contributed by atoms with E-state index in [1.54, 1.807) is 0 Å². The summed E-state index contributed by atoms with van der Waals surface area (Å²) in [6, 6.07) is 5.46. The van der Waals surface area contributed by atoms with E-state index in [9.17, 15) is 18.0 Å². The average Bonchev–Trinajstić information content (AvgIpc) is 2.43. The Balaban J connectivity index is 2.68. The highest BCUT2D eigenvalue weighted by Crippen LogP contribution is 2.10. The summed E-state index contributed by atoms with van der Waals surface area (Å²) in [4.78, 5) is 21.7. The Bertz CT molecular complexity index is 580. The van der Waals surface area contributed by atoms with Gasteiger partial charge >= 0.3 is 5.97 Å². The van der Waals surface area contributed by atoms with E-state index in [4.69, 9.17) is 5.11 Å². The maximum atomic E-state index is 11.9. The molecule has 0 aliphatic carbocycles. The summed E-state index contributed by atoms with van der Waals surface area (Å²) < 4.78 is 26.0. The number of carboxylic acids is 1. The van der Waals surface area contributed by atoms with Crippen LogP contribution in [0.4, 0.5) is 0 Å². The van der Waals surface area contributed by atoms with E-state index in [1.165, 1.54) is 31.3 Å². The molecule has 3 N–H and O–H groups in total. The fourth-order valence-electron chi connectivity index (χ4n) is 1.46. The van der Waals surface area contributed by atoms with Gasteiger partial charge in [0.25, 0.3) is 5.91 Å². The van der Waals surface area contributed by atoms with E-state index in [0.29, 0.717) is 5.56 Å². The monoisotopic (exact) mass is 300 g/mol. The van der Waals surface area contributed by atoms with Gasteiger partial charge in [-0.15, -0.1) is 0 Å². The summed E-state index contributed by atoms with van der Waals surface area (Å²) in [5.74, 6) is -1.28. The lowest BCUT2D eigenvalue weighted by Crippen LogP contribution is -2.25. The van der Waals surface area contributed by atoms with Gasteiger partial charge in [0, 0.05) is 25.6 Å². The third kappa shape index (κ3) is 4.63. The van der Waals surface area contributed by atoms with Crippen molar-refractivity contribution in [2.75, 3.05) is 13.6 Å². The Morgan fingerprint density at radius 3 is 2.30 bits per heavy atom. The van der Waals surface area contributed by atoms with Crippen molar-refractivity contribution in [1.29, 1.82) is 0 Å². The number of amides is 1. The zero-order valence-corrected chi connectivity index (χ0v) is 11.7. The van der Waals surface area contributed by atoms with Crippen molar-refractivity contribution in [1.82, 2.24) is 10.0 Å². The maximum Gasteiger partial charge on any atom is 0.303 e. The number of sulfonamides is 1. The molecule has 110 valence electrons. The summed E-state index contributed by atoms with van der Waals surface area (Å²) >= 11 is 0. The number of carbonyl (C=O) groups excluding carboxylic acids is 1. The first-order valence-corrected chi connectivity index (χ1v) is 7.39. The SMILES string of the molecule is CNC(=O)c1ccc(S(=O)(=O)NCCCC(=O)O)cc1. The number of carbonyl (C=O) groups is 2. The van der Waals surface area contributed by atoms with Crippen LogP contribution in [0.5, 0.6) is 0 Å². The molecule has 0 unspecified atom stereocenters. The molecule has 0 bridgehead atoms. The van der Waals surface area contributed by atoms with Crippen molar-refractivity contribution < 1.29 is 23.1 Å². The molecule has 0 aromatic heterocycles. The summed E-state index contributed by atoms with van der Waals surface area (Å²) in [7, 11) is -2.20. The molecule has 1 aromatic carbocycles. The molecule has 0 saturated heterocycles. The highest BCUT2D eigenvalue weighted by Gasteiger charge is 2.14. The third-order valence-electron chi connectivity index (χ3n) is 2.51. The standard InChI is InChI=1S/C12H16N2O5S/c1-13-12(17)9-4-6-10(7-5-9)20(18,19)14-8-2-3-11(15)16/h4-7,14H,2-3,8H2,1H3,(H,13,17)(H,15,16). The predicted molar refractivity (Wildman–Crippen MR) is 71.9 cm³/mol. The molecule has 1 rings (SSSR count). The smallest absolute Gasteiger partial charge is 0.303 e. The van der Waals surface area contributed by atoms with E-state index in [1.807, 2.05) is 0 Å². The van der Waals surface area contributed by atoms with Crippen LogP contribution in [0, 0.1) is 0 Å². The second kappa shape index (κ2) is 7.01. The van der Waals surface area contributed by atoms with Crippen molar-refractivity contribution in [3.63, 3.8) is 0 Å². The summed E-state index contributed by atoms with van der Waals surface area (Å²) in [6.07, 6.45) is 0.114. The number of rotatable bonds is 7. The largest absolute Gasteiger partial charge is 0.481 e. The minimum absolute atomic E-state index is 0.0282. The van der Waals surface area contributed by atoms with Gasteiger partial charge in [-0.25, -0.2) is 13.1 Å². The van der Waals surface area contributed by atoms with E-state index < -0.39 is 16.0 Å². The molecular weight excluding hydrogens is 284 g/mol. The van der Waals surface area contributed by atoms with Gasteiger partial charge < -0.3 is 10.4 Å². The molecule has 0 atom stereocenters. The topological polar surface area (TPSA) is 113 Å². The van der Waals surface area contributed by atoms with Crippen LogP contribution in [0.1, 0.15) is 23.2 Å². The summed E-state index contributed by atoms with van der Waals surface area (Å²) in [5, 5.41) is 10.9. The molecule has 1 aromatic rings. The van der Waals surface area contributed by atoms with Gasteiger partial charge in [0.2, 0.25) is 10.0 Å². The number of hydrogen-bond acceptors (Lipinski definition) is 4. The Morgan fingerprint density at radius 2 is 1.80 bits per heavy atom. The quantitative estimate of drug-likeness (QED) is 0.622. The van der Waals surface area contributed by atoms with Crippen molar-refractivity contribution in [2.45, 2.75) is 17.7 Å². The highest BCUT2D eigenvalue weighted by molar-refractivity contribution is 7.89. The van der Waals surface area contributed by atoms with Crippen molar-refractivity contribution in [3.8, 4) is 0 Å². The lowest BCUT2D eigenvalue weighted by Gasteiger charge is -2.07. The predicted octanol–water partition coefficient (Wildman–Crippen LogP) is 0.189. The van der Waals surface area contributed by atoms with Crippen molar-refractivity contribution in [2.24, 2.45) is 0 Å². The normalized spacial score (nSPS) is 11.1. The first kappa shape index (κ1) is 16.1. The Morgan fingerprint density at radius 1 is 1.20 bits per heavy atom. The lowest BCUT2D eigenvalue weighted by molar-refractivity contribution is -0.137. The average molecular weight is 300 g/mol. The second-order valence-electron chi connectivity index (χ2n) is 4.00. The molecule has 8 heteroatoms. The second-order valence-corrected chi connectivity index (χ2v) is 5.77. The molecule has 7 nitrogen and oxygen atoms in total. The lowest BCUT2D eigenvalue weighted by atomic mass is 10.2. The van der Waals surface area contributed by atoms with E-state index in [2.05, 4.69) is 10.0 Å². The van der Waals surface area contributed by atoms with Crippen molar-refractivity contribution in [3.05, 3.63) is 29.8 Å². The first-order valence-electron chi connectivity index (χ1n) is 5.90. The summed E-state index contributed by atoms with van der Waals surface area (Å²) in [5.41, 5.74) is 0.359. The molecule has 0 radical (unpaired) electrons. The van der Waals surface area contributed by atoms with E-state index in [0.717, 1.165) is 0 Å². The number of aliphatic carboxylic acids is 1. The highest BCUT2D eigenvalue weighted by atomic mass is 32.2. The van der Waals surface area contributed by atoms with Crippen LogP contribution >= 0.6 is 0 Å². The minimum atomic E-state index is -3.68. The summed E-state index contributed by atoms with van der Waals surface area (Å²) in [6.45, 7) is 0.0475. The fraction of sp³-hybridized carbons (Fsp3) is 0.333. The van der Waals surface area contributed by atoms with E-state index >= 15 is 0 Å². The number of benzene rings is 1. The molecule has 0 fully saturated rings. The van der Waals surface area contributed by atoms with Crippen molar-refractivity contribution >= 4 is 21.9 Å². The fourth-order valence-corrected chi connectivity index (χ4v) is 2.53. The molecular formula is C12H16N2O5S. The molecule has 0 aliphatic heterocycles. The zero-order valence-electron chi connectivity index (χ0n) is 10.9. The van der Waals surface area contributed by atoms with Crippen LogP contribution in [0.2, 0.25) is 0 Å². The number of nitrogens with one attached hydrogen (secondary N) is 2. The molecule has 0 saturated carbocycles. The van der Waals surface area contributed by atoms with Gasteiger partial charge in [-0.3, -0.25) is 9.59 Å². The minimum Gasteiger partial charge on any atom is -0.481 e. The van der Waals surface area contributed by atoms with Gasteiger partial charge in [-0.05, 0) is 30.7 Å². The van der Waals surface area contributed by atoms with Gasteiger partial charge in [-0.1, -0.05) is 0 Å². The van der Waals surface area contributed by atoms with Crippen LogP contribution in [-0.2, 0) is 14.8 Å². The van der Waals surface area contributed by atoms with Gasteiger partial charge in [0.15, 0.2) is 0 Å². The Labute approximate surface area is 117 Å². The van der Waals surface area contributed by atoms with E-state index in [-0.39, 0.29) is 30.2 Å². The number of carboxylic acid groups (broad SMARTS) is 1. The third-order valence-corrected chi connectivity index (χ3v) is 3.99. The van der Waals surface area contributed by atoms with Gasteiger partial charge in [-0.2, -0.15) is 0 Å². The Kier molecular flexibility index (Phi) is 5.66. The number of hydrogen-bond donors (Lipinski definition) is 3. The van der Waals surface area contributed by atoms with Crippen LogP contribution in [0.15, 0.2) is 29.2 Å². The first-order chi connectivity index (χ1) is 9.36. The zero-order chi connectivity index (χ0) is 15.2. The van der Waals surface area contributed by atoms with Crippen LogP contribution in [0.25, 0.3) is 0 Å². The molecule has 20 heavy (non-hydrogen) atoms.